The Hall–Kier alpha value is -5.12. The van der Waals surface area contributed by atoms with Crippen LogP contribution in [0.1, 0.15) is 53.2 Å². The standard InChI is InChI=1S/C35H31F3N2O5/c1-22(41)40-18-17-26-13-16-29(45-21-23-7-14-28(15-8-23)35(36,37)38)19-30(26)33(40)34(44)39-31(20-32(42)43)27-11-9-25(10-12-27)24-5-3-2-4-6-24/h2-16,19,31,33H,17-18,20-21H2,1H3,(H,39,44)(H,42,43). The van der Waals surface area contributed by atoms with E-state index in [1.807, 2.05) is 42.5 Å². The van der Waals surface area contributed by atoms with Gasteiger partial charge in [0.1, 0.15) is 18.4 Å². The fourth-order valence-corrected chi connectivity index (χ4v) is 5.48. The molecule has 45 heavy (non-hydrogen) atoms. The van der Waals surface area contributed by atoms with Crippen LogP contribution in [0.5, 0.6) is 5.75 Å². The van der Waals surface area contributed by atoms with Gasteiger partial charge < -0.3 is 20.1 Å². The van der Waals surface area contributed by atoms with Crippen LogP contribution in [-0.4, -0.2) is 34.3 Å². The molecule has 2 atom stereocenters. The van der Waals surface area contributed by atoms with Crippen LogP contribution in [0, 0.1) is 0 Å². The molecule has 0 radical (unpaired) electrons. The molecule has 0 aromatic heterocycles. The average Bonchev–Trinajstić information content (AvgIpc) is 3.02. The van der Waals surface area contributed by atoms with Gasteiger partial charge in [-0.1, -0.05) is 72.8 Å². The van der Waals surface area contributed by atoms with E-state index in [1.165, 1.54) is 24.0 Å². The molecule has 4 aromatic rings. The Bertz CT molecular complexity index is 1670. The van der Waals surface area contributed by atoms with Gasteiger partial charge in [-0.3, -0.25) is 14.4 Å². The summed E-state index contributed by atoms with van der Waals surface area (Å²) in [5, 5.41) is 12.5. The van der Waals surface area contributed by atoms with Crippen LogP contribution in [0.2, 0.25) is 0 Å². The van der Waals surface area contributed by atoms with Crippen molar-refractivity contribution in [3.05, 3.63) is 125 Å². The number of carbonyl (C=O) groups excluding carboxylic acids is 2. The molecule has 5 rings (SSSR count). The number of alkyl halides is 3. The van der Waals surface area contributed by atoms with Gasteiger partial charge in [-0.05, 0) is 64.1 Å². The Labute approximate surface area is 258 Å². The highest BCUT2D eigenvalue weighted by molar-refractivity contribution is 5.89. The quantitative estimate of drug-likeness (QED) is 0.218. The van der Waals surface area contributed by atoms with E-state index in [0.717, 1.165) is 28.8 Å². The number of nitrogens with zero attached hydrogens (tertiary/aromatic N) is 1. The number of hydrogen-bond donors (Lipinski definition) is 2. The maximum atomic E-state index is 13.9. The summed E-state index contributed by atoms with van der Waals surface area (Å²) in [6.07, 6.45) is -4.31. The topological polar surface area (TPSA) is 95.9 Å². The van der Waals surface area contributed by atoms with Crippen molar-refractivity contribution in [3.63, 3.8) is 0 Å². The summed E-state index contributed by atoms with van der Waals surface area (Å²) < 4.78 is 44.6. The minimum absolute atomic E-state index is 0.0100. The third-order valence-electron chi connectivity index (χ3n) is 7.80. The van der Waals surface area contributed by atoms with Gasteiger partial charge in [0, 0.05) is 13.5 Å². The zero-order valence-corrected chi connectivity index (χ0v) is 24.4. The van der Waals surface area contributed by atoms with E-state index in [4.69, 9.17) is 4.74 Å². The highest BCUT2D eigenvalue weighted by Crippen LogP contribution is 2.35. The first-order chi connectivity index (χ1) is 21.5. The molecule has 10 heteroatoms. The SMILES string of the molecule is CC(=O)N1CCc2ccc(OCc3ccc(C(F)(F)F)cc3)cc2C1C(=O)NC(CC(=O)O)c1ccc(-c2ccccc2)cc1. The lowest BCUT2D eigenvalue weighted by Gasteiger charge is -2.36. The van der Waals surface area contributed by atoms with Gasteiger partial charge >= 0.3 is 12.1 Å². The zero-order valence-electron chi connectivity index (χ0n) is 24.4. The van der Waals surface area contributed by atoms with Crippen LogP contribution < -0.4 is 10.1 Å². The van der Waals surface area contributed by atoms with E-state index in [-0.39, 0.29) is 18.9 Å². The Kier molecular flexibility index (Phi) is 9.22. The first-order valence-corrected chi connectivity index (χ1v) is 14.4. The Morgan fingerprint density at radius 1 is 0.933 bits per heavy atom. The fraction of sp³-hybridized carbons (Fsp3) is 0.229. The van der Waals surface area contributed by atoms with E-state index < -0.39 is 35.7 Å². The average molecular weight is 617 g/mol. The first kappa shape index (κ1) is 31.3. The smallest absolute Gasteiger partial charge is 0.416 e. The minimum Gasteiger partial charge on any atom is -0.489 e. The predicted molar refractivity (Wildman–Crippen MR) is 161 cm³/mol. The van der Waals surface area contributed by atoms with Crippen LogP contribution in [0.15, 0.2) is 97.1 Å². The second-order valence-corrected chi connectivity index (χ2v) is 10.9. The molecule has 1 aliphatic heterocycles. The van der Waals surface area contributed by atoms with Crippen LogP contribution in [0.3, 0.4) is 0 Å². The van der Waals surface area contributed by atoms with Gasteiger partial charge in [0.25, 0.3) is 0 Å². The number of amides is 2. The largest absolute Gasteiger partial charge is 0.489 e. The molecule has 232 valence electrons. The minimum atomic E-state index is -4.44. The molecule has 0 bridgehead atoms. The summed E-state index contributed by atoms with van der Waals surface area (Å²) in [5.74, 6) is -1.59. The van der Waals surface area contributed by atoms with Gasteiger partial charge in [0.05, 0.1) is 18.0 Å². The van der Waals surface area contributed by atoms with E-state index >= 15 is 0 Å². The monoisotopic (exact) mass is 616 g/mol. The molecule has 0 saturated carbocycles. The number of ether oxygens (including phenoxy) is 1. The maximum Gasteiger partial charge on any atom is 0.416 e. The lowest BCUT2D eigenvalue weighted by Crippen LogP contribution is -2.47. The zero-order chi connectivity index (χ0) is 32.1. The van der Waals surface area contributed by atoms with Crippen molar-refractivity contribution in [2.45, 2.75) is 44.6 Å². The van der Waals surface area contributed by atoms with Crippen LogP contribution in [0.25, 0.3) is 11.1 Å². The second-order valence-electron chi connectivity index (χ2n) is 10.9. The summed E-state index contributed by atoms with van der Waals surface area (Å²) in [6, 6.07) is 24.9. The van der Waals surface area contributed by atoms with Gasteiger partial charge in [-0.15, -0.1) is 0 Å². The van der Waals surface area contributed by atoms with Crippen LogP contribution in [-0.2, 0) is 33.6 Å². The number of rotatable bonds is 9. The number of hydrogen-bond acceptors (Lipinski definition) is 4. The number of carboxylic acids is 1. The Morgan fingerprint density at radius 3 is 2.22 bits per heavy atom. The van der Waals surface area contributed by atoms with Gasteiger partial charge in [-0.2, -0.15) is 13.2 Å². The first-order valence-electron chi connectivity index (χ1n) is 14.4. The summed E-state index contributed by atoms with van der Waals surface area (Å²) in [5.41, 5.74) is 3.66. The van der Waals surface area contributed by atoms with E-state index in [0.29, 0.717) is 35.4 Å². The molecular weight excluding hydrogens is 585 g/mol. The van der Waals surface area contributed by atoms with Crippen molar-refractivity contribution < 1.29 is 37.4 Å². The molecule has 2 amide bonds. The Morgan fingerprint density at radius 2 is 1.60 bits per heavy atom. The summed E-state index contributed by atoms with van der Waals surface area (Å²) >= 11 is 0. The lowest BCUT2D eigenvalue weighted by atomic mass is 9.91. The number of carbonyl (C=O) groups is 3. The van der Waals surface area contributed by atoms with Crippen molar-refractivity contribution in [2.24, 2.45) is 0 Å². The number of aliphatic carboxylic acids is 1. The van der Waals surface area contributed by atoms with Crippen molar-refractivity contribution in [3.8, 4) is 16.9 Å². The molecule has 0 fully saturated rings. The molecular formula is C35H31F3N2O5. The molecule has 2 N–H and O–H groups in total. The van der Waals surface area contributed by atoms with Crippen molar-refractivity contribution in [2.75, 3.05) is 6.54 Å². The van der Waals surface area contributed by atoms with Crippen LogP contribution in [0.4, 0.5) is 13.2 Å². The van der Waals surface area contributed by atoms with E-state index in [1.54, 1.807) is 30.3 Å². The molecule has 0 spiro atoms. The summed E-state index contributed by atoms with van der Waals surface area (Å²) in [4.78, 5) is 39.8. The highest BCUT2D eigenvalue weighted by Gasteiger charge is 2.36. The van der Waals surface area contributed by atoms with Gasteiger partial charge in [0.15, 0.2) is 0 Å². The van der Waals surface area contributed by atoms with Crippen molar-refractivity contribution in [1.82, 2.24) is 10.2 Å². The number of fused-ring (bicyclic) bond motifs is 1. The fourth-order valence-electron chi connectivity index (χ4n) is 5.48. The normalized spacial score (nSPS) is 15.1. The molecule has 4 aromatic carbocycles. The third kappa shape index (κ3) is 7.52. The molecule has 2 unspecified atom stereocenters. The van der Waals surface area contributed by atoms with E-state index in [9.17, 15) is 32.7 Å². The predicted octanol–water partition coefficient (Wildman–Crippen LogP) is 6.73. The number of benzene rings is 4. The van der Waals surface area contributed by atoms with Crippen molar-refractivity contribution in [1.29, 1.82) is 0 Å². The molecule has 0 aliphatic carbocycles. The molecule has 7 nitrogen and oxygen atoms in total. The lowest BCUT2D eigenvalue weighted by molar-refractivity contribution is -0.141. The molecule has 1 heterocycles. The summed E-state index contributed by atoms with van der Waals surface area (Å²) in [6.45, 7) is 1.65. The van der Waals surface area contributed by atoms with Crippen molar-refractivity contribution >= 4 is 17.8 Å². The third-order valence-corrected chi connectivity index (χ3v) is 7.80. The van der Waals surface area contributed by atoms with Crippen LogP contribution >= 0.6 is 0 Å². The Balaban J connectivity index is 1.38. The van der Waals surface area contributed by atoms with E-state index in [2.05, 4.69) is 5.32 Å². The number of nitrogens with one attached hydrogen (secondary N) is 1. The maximum absolute atomic E-state index is 13.9. The molecule has 1 aliphatic rings. The number of carboxylic acid groups (broad SMARTS) is 1. The van der Waals surface area contributed by atoms with Gasteiger partial charge in [-0.25, -0.2) is 0 Å². The summed E-state index contributed by atoms with van der Waals surface area (Å²) in [7, 11) is 0. The van der Waals surface area contributed by atoms with Gasteiger partial charge in [0.2, 0.25) is 11.8 Å². The highest BCUT2D eigenvalue weighted by atomic mass is 19.4. The second kappa shape index (κ2) is 13.3. The number of halogens is 3. The molecule has 0 saturated heterocycles.